The van der Waals surface area contributed by atoms with Crippen molar-refractivity contribution in [1.82, 2.24) is 25.9 Å². The van der Waals surface area contributed by atoms with Gasteiger partial charge in [-0.1, -0.05) is 12.1 Å². The van der Waals surface area contributed by atoms with Gasteiger partial charge in [0.1, 0.15) is 11.4 Å². The highest BCUT2D eigenvalue weighted by atomic mass is 16.2. The summed E-state index contributed by atoms with van der Waals surface area (Å²) in [4.78, 5) is 46.1. The molecule has 6 rings (SSSR count). The highest BCUT2D eigenvalue weighted by molar-refractivity contribution is 5.93. The van der Waals surface area contributed by atoms with E-state index in [0.717, 1.165) is 44.2 Å². The number of hydrogen-bond donors (Lipinski definition) is 3. The molecule has 3 amide bonds. The van der Waals surface area contributed by atoms with Gasteiger partial charge in [-0.05, 0) is 87.5 Å². The van der Waals surface area contributed by atoms with E-state index >= 15 is 0 Å². The van der Waals surface area contributed by atoms with Crippen LogP contribution in [-0.2, 0) is 11.2 Å². The molecule has 4 aliphatic rings. The molecular formula is C27H33N5O3. The van der Waals surface area contributed by atoms with Crippen molar-refractivity contribution in [3.63, 3.8) is 0 Å². The number of aryl methyl sites for hydroxylation is 1. The minimum absolute atomic E-state index is 0.0457. The number of nitrogens with one attached hydrogen (secondary N) is 3. The zero-order valence-electron chi connectivity index (χ0n) is 20.2. The lowest BCUT2D eigenvalue weighted by Gasteiger charge is -2.62. The number of carbonyl (C=O) groups is 3. The third-order valence-electron chi connectivity index (χ3n) is 7.74. The van der Waals surface area contributed by atoms with Crippen molar-refractivity contribution >= 4 is 17.7 Å². The molecule has 2 atom stereocenters. The Morgan fingerprint density at radius 1 is 0.914 bits per heavy atom. The Bertz CT molecular complexity index is 1100. The summed E-state index contributed by atoms with van der Waals surface area (Å²) in [5.41, 5.74) is 1.07. The van der Waals surface area contributed by atoms with E-state index in [0.29, 0.717) is 36.2 Å². The third kappa shape index (κ3) is 5.21. The summed E-state index contributed by atoms with van der Waals surface area (Å²) in [7, 11) is 0. The smallest absolute Gasteiger partial charge is 0.270 e. The SMILES string of the molecule is CC(=O)NCCCc1cccc(C(=O)NC23CC4CC(CC(NC(=O)c5ccccn5)(C4)C2)C3)n1. The molecule has 4 saturated carbocycles. The fraction of sp³-hybridized carbons (Fsp3) is 0.519. The van der Waals surface area contributed by atoms with Gasteiger partial charge in [-0.15, -0.1) is 0 Å². The lowest BCUT2D eigenvalue weighted by Crippen LogP contribution is -2.70. The highest BCUT2D eigenvalue weighted by Crippen LogP contribution is 2.57. The zero-order chi connectivity index (χ0) is 24.5. The van der Waals surface area contributed by atoms with Crippen LogP contribution in [0.3, 0.4) is 0 Å². The first-order valence-corrected chi connectivity index (χ1v) is 12.6. The molecule has 35 heavy (non-hydrogen) atoms. The van der Waals surface area contributed by atoms with E-state index < -0.39 is 0 Å². The van der Waals surface area contributed by atoms with Gasteiger partial charge in [0.15, 0.2) is 0 Å². The van der Waals surface area contributed by atoms with Gasteiger partial charge in [-0.3, -0.25) is 19.4 Å². The first-order chi connectivity index (χ1) is 16.8. The molecule has 4 bridgehead atoms. The van der Waals surface area contributed by atoms with E-state index in [9.17, 15) is 14.4 Å². The van der Waals surface area contributed by atoms with Gasteiger partial charge in [0, 0.05) is 36.4 Å². The van der Waals surface area contributed by atoms with Crippen LogP contribution in [0.25, 0.3) is 0 Å². The normalized spacial score (nSPS) is 28.4. The molecule has 2 heterocycles. The molecule has 8 heteroatoms. The van der Waals surface area contributed by atoms with Crippen LogP contribution in [0.15, 0.2) is 42.6 Å². The minimum Gasteiger partial charge on any atom is -0.356 e. The summed E-state index contributed by atoms with van der Waals surface area (Å²) in [5.74, 6) is 0.655. The molecule has 2 unspecified atom stereocenters. The maximum absolute atomic E-state index is 13.3. The molecule has 0 saturated heterocycles. The van der Waals surface area contributed by atoms with Crippen molar-refractivity contribution in [3.05, 3.63) is 59.7 Å². The van der Waals surface area contributed by atoms with E-state index in [1.54, 1.807) is 24.4 Å². The fourth-order valence-corrected chi connectivity index (χ4v) is 6.94. The van der Waals surface area contributed by atoms with Crippen LogP contribution in [0, 0.1) is 11.8 Å². The molecule has 2 aromatic rings. The minimum atomic E-state index is -0.318. The van der Waals surface area contributed by atoms with Crippen molar-refractivity contribution < 1.29 is 14.4 Å². The lowest BCUT2D eigenvalue weighted by molar-refractivity contribution is -0.118. The number of amides is 3. The molecular weight excluding hydrogens is 442 g/mol. The second-order valence-electron chi connectivity index (χ2n) is 10.7. The van der Waals surface area contributed by atoms with Gasteiger partial charge < -0.3 is 16.0 Å². The van der Waals surface area contributed by atoms with Crippen molar-refractivity contribution in [3.8, 4) is 0 Å². The molecule has 0 aliphatic heterocycles. The monoisotopic (exact) mass is 475 g/mol. The van der Waals surface area contributed by atoms with E-state index in [2.05, 4.69) is 25.9 Å². The summed E-state index contributed by atoms with van der Waals surface area (Å²) in [6.45, 7) is 2.09. The predicted molar refractivity (Wildman–Crippen MR) is 131 cm³/mol. The highest BCUT2D eigenvalue weighted by Gasteiger charge is 2.58. The van der Waals surface area contributed by atoms with E-state index in [1.807, 2.05) is 18.2 Å². The van der Waals surface area contributed by atoms with Crippen molar-refractivity contribution in [1.29, 1.82) is 0 Å². The van der Waals surface area contributed by atoms with E-state index in [1.165, 1.54) is 13.3 Å². The number of aromatic nitrogens is 2. The van der Waals surface area contributed by atoms with Gasteiger partial charge >= 0.3 is 0 Å². The Morgan fingerprint density at radius 2 is 1.57 bits per heavy atom. The molecule has 0 radical (unpaired) electrons. The van der Waals surface area contributed by atoms with Gasteiger partial charge in [-0.2, -0.15) is 0 Å². The Balaban J connectivity index is 1.27. The average Bonchev–Trinajstić information content (AvgIpc) is 2.81. The number of nitrogens with zero attached hydrogens (tertiary/aromatic N) is 2. The standard InChI is InChI=1S/C27H33N5O3/c1-18(33)28-11-5-7-21-6-4-9-23(30-21)25(35)32-27-15-19-12-20(16-27)14-26(13-19,17-27)31-24(34)22-8-2-3-10-29-22/h2-4,6,8-10,19-20H,5,7,11-17H2,1H3,(H,28,33)(H,31,34)(H,32,35). The summed E-state index contributed by atoms with van der Waals surface area (Å²) < 4.78 is 0. The molecule has 2 aromatic heterocycles. The van der Waals surface area contributed by atoms with Crippen LogP contribution >= 0.6 is 0 Å². The molecule has 0 spiro atoms. The number of hydrogen-bond acceptors (Lipinski definition) is 5. The molecule has 4 fully saturated rings. The van der Waals surface area contributed by atoms with Crippen LogP contribution in [-0.4, -0.2) is 45.3 Å². The van der Waals surface area contributed by atoms with Gasteiger partial charge in [-0.25, -0.2) is 4.98 Å². The van der Waals surface area contributed by atoms with Crippen LogP contribution in [0.4, 0.5) is 0 Å². The summed E-state index contributed by atoms with van der Waals surface area (Å²) in [6, 6.07) is 10.9. The Hall–Kier alpha value is -3.29. The van der Waals surface area contributed by atoms with Crippen LogP contribution in [0.1, 0.15) is 78.5 Å². The first-order valence-electron chi connectivity index (χ1n) is 12.6. The third-order valence-corrected chi connectivity index (χ3v) is 7.74. The number of carbonyl (C=O) groups excluding carboxylic acids is 3. The Labute approximate surface area is 205 Å². The topological polar surface area (TPSA) is 113 Å². The van der Waals surface area contributed by atoms with Crippen LogP contribution in [0.5, 0.6) is 0 Å². The summed E-state index contributed by atoms with van der Waals surface area (Å²) in [6.07, 6.45) is 8.83. The second kappa shape index (κ2) is 9.40. The molecule has 184 valence electrons. The van der Waals surface area contributed by atoms with E-state index in [4.69, 9.17) is 0 Å². The van der Waals surface area contributed by atoms with Crippen molar-refractivity contribution in [2.75, 3.05) is 6.54 Å². The first kappa shape index (κ1) is 23.5. The summed E-state index contributed by atoms with van der Waals surface area (Å²) >= 11 is 0. The van der Waals surface area contributed by atoms with Crippen LogP contribution in [0.2, 0.25) is 0 Å². The Kier molecular flexibility index (Phi) is 6.30. The quantitative estimate of drug-likeness (QED) is 0.508. The second-order valence-corrected chi connectivity index (χ2v) is 10.7. The van der Waals surface area contributed by atoms with Crippen molar-refractivity contribution in [2.24, 2.45) is 11.8 Å². The fourth-order valence-electron chi connectivity index (χ4n) is 6.94. The van der Waals surface area contributed by atoms with Crippen molar-refractivity contribution in [2.45, 2.75) is 69.4 Å². The Morgan fingerprint density at radius 3 is 2.20 bits per heavy atom. The summed E-state index contributed by atoms with van der Waals surface area (Å²) in [5, 5.41) is 9.47. The van der Waals surface area contributed by atoms with Gasteiger partial charge in [0.2, 0.25) is 5.91 Å². The van der Waals surface area contributed by atoms with Gasteiger partial charge in [0.25, 0.3) is 11.8 Å². The van der Waals surface area contributed by atoms with Gasteiger partial charge in [0.05, 0.1) is 0 Å². The van der Waals surface area contributed by atoms with E-state index in [-0.39, 0.29) is 28.8 Å². The number of rotatable bonds is 8. The predicted octanol–water partition coefficient (Wildman–Crippen LogP) is 2.80. The molecule has 3 N–H and O–H groups in total. The largest absolute Gasteiger partial charge is 0.356 e. The maximum atomic E-state index is 13.3. The lowest BCUT2D eigenvalue weighted by atomic mass is 9.49. The molecule has 4 aliphatic carbocycles. The average molecular weight is 476 g/mol. The maximum Gasteiger partial charge on any atom is 0.270 e. The van der Waals surface area contributed by atoms with Crippen LogP contribution < -0.4 is 16.0 Å². The number of pyridine rings is 2. The molecule has 8 nitrogen and oxygen atoms in total. The molecule has 0 aromatic carbocycles. The zero-order valence-corrected chi connectivity index (χ0v) is 20.2.